The van der Waals surface area contributed by atoms with Crippen LogP contribution in [0.3, 0.4) is 0 Å². The second-order valence-electron chi connectivity index (χ2n) is 7.77. The van der Waals surface area contributed by atoms with E-state index in [0.29, 0.717) is 5.92 Å². The van der Waals surface area contributed by atoms with Crippen molar-refractivity contribution in [2.24, 2.45) is 17.8 Å². The van der Waals surface area contributed by atoms with Gasteiger partial charge in [0.2, 0.25) is 0 Å². The molecule has 2 fully saturated rings. The van der Waals surface area contributed by atoms with Crippen LogP contribution in [0.25, 0.3) is 0 Å². The van der Waals surface area contributed by atoms with E-state index in [2.05, 4.69) is 6.08 Å². The maximum absolute atomic E-state index is 11.8. The molecule has 0 radical (unpaired) electrons. The van der Waals surface area contributed by atoms with Gasteiger partial charge in [-0.05, 0) is 51.9 Å². The van der Waals surface area contributed by atoms with Crippen LogP contribution in [-0.4, -0.2) is 11.6 Å². The Bertz CT molecular complexity index is 460. The van der Waals surface area contributed by atoms with E-state index in [4.69, 9.17) is 4.74 Å². The molecular formula is C18H26O2. The minimum atomic E-state index is -0.391. The van der Waals surface area contributed by atoms with Crippen molar-refractivity contribution in [2.75, 3.05) is 0 Å². The van der Waals surface area contributed by atoms with Crippen LogP contribution in [0.15, 0.2) is 23.3 Å². The van der Waals surface area contributed by atoms with Gasteiger partial charge in [0.25, 0.3) is 0 Å². The summed E-state index contributed by atoms with van der Waals surface area (Å²) < 4.78 is 5.37. The molecule has 20 heavy (non-hydrogen) atoms. The topological polar surface area (TPSA) is 26.3 Å². The maximum atomic E-state index is 11.8. The number of allylic oxidation sites excluding steroid dienone is 3. The van der Waals surface area contributed by atoms with E-state index in [9.17, 15) is 4.79 Å². The molecule has 0 N–H and O–H groups in total. The van der Waals surface area contributed by atoms with Crippen molar-refractivity contribution in [1.29, 1.82) is 0 Å². The Hall–Kier alpha value is -1.05. The van der Waals surface area contributed by atoms with Crippen LogP contribution in [0.5, 0.6) is 0 Å². The molecule has 0 bridgehead atoms. The van der Waals surface area contributed by atoms with Gasteiger partial charge in [0.1, 0.15) is 5.60 Å². The lowest BCUT2D eigenvalue weighted by molar-refractivity contribution is -0.148. The second kappa shape index (κ2) is 5.05. The number of fused-ring (bicyclic) bond motifs is 1. The van der Waals surface area contributed by atoms with Gasteiger partial charge < -0.3 is 4.74 Å². The van der Waals surface area contributed by atoms with Crippen molar-refractivity contribution >= 4 is 5.97 Å². The van der Waals surface area contributed by atoms with Crippen molar-refractivity contribution in [1.82, 2.24) is 0 Å². The quantitative estimate of drug-likeness (QED) is 0.433. The average molecular weight is 274 g/mol. The fourth-order valence-corrected chi connectivity index (χ4v) is 3.67. The Kier molecular flexibility index (Phi) is 3.51. The number of rotatable bonds is 3. The summed E-state index contributed by atoms with van der Waals surface area (Å²) in [5.41, 5.74) is 2.54. The molecule has 3 aliphatic carbocycles. The highest BCUT2D eigenvalue weighted by Crippen LogP contribution is 2.51. The normalized spacial score (nSPS) is 31.4. The van der Waals surface area contributed by atoms with Gasteiger partial charge in [0, 0.05) is 12.0 Å². The molecule has 0 heterocycles. The zero-order chi connectivity index (χ0) is 14.3. The largest absolute Gasteiger partial charge is 0.457 e. The third-order valence-corrected chi connectivity index (χ3v) is 4.86. The lowest BCUT2D eigenvalue weighted by Crippen LogP contribution is -2.27. The number of esters is 1. The predicted octanol–water partition coefficient (Wildman–Crippen LogP) is 4.41. The van der Waals surface area contributed by atoms with Gasteiger partial charge in [-0.2, -0.15) is 0 Å². The smallest absolute Gasteiger partial charge is 0.331 e. The standard InChI is InChI=1S/C18H26O2/c1-18(2,3)20-17(19)11-15-10-14-8-13(9-16(14)15)7-12-5-4-6-12/h9,11-12,14,16H,4-8,10H2,1-3H3/b15-11-/t14-,16-/m1/s1. The van der Waals surface area contributed by atoms with Crippen LogP contribution in [0.4, 0.5) is 0 Å². The predicted molar refractivity (Wildman–Crippen MR) is 80.2 cm³/mol. The molecule has 2 nitrogen and oxygen atoms in total. The van der Waals surface area contributed by atoms with Crippen molar-refractivity contribution in [3.05, 3.63) is 23.3 Å². The number of carbonyl (C=O) groups is 1. The zero-order valence-corrected chi connectivity index (χ0v) is 12.9. The summed E-state index contributed by atoms with van der Waals surface area (Å²) in [5.74, 6) is 2.10. The van der Waals surface area contributed by atoms with Gasteiger partial charge in [0.05, 0.1) is 0 Å². The summed E-state index contributed by atoms with van der Waals surface area (Å²) in [6.45, 7) is 5.75. The van der Waals surface area contributed by atoms with Gasteiger partial charge in [0.15, 0.2) is 0 Å². The SMILES string of the molecule is CC(C)(C)OC(=O)/C=C1/C[C@H]2CC(CC3CCC3)=C[C@@H]12. The molecule has 0 aliphatic heterocycles. The van der Waals surface area contributed by atoms with Gasteiger partial charge in [-0.15, -0.1) is 0 Å². The highest BCUT2D eigenvalue weighted by Gasteiger charge is 2.40. The summed E-state index contributed by atoms with van der Waals surface area (Å²) >= 11 is 0. The first-order chi connectivity index (χ1) is 9.40. The molecule has 3 rings (SSSR count). The molecule has 3 aliphatic rings. The van der Waals surface area contributed by atoms with Crippen molar-refractivity contribution in [3.63, 3.8) is 0 Å². The maximum Gasteiger partial charge on any atom is 0.331 e. The summed E-state index contributed by atoms with van der Waals surface area (Å²) in [5, 5.41) is 0. The summed E-state index contributed by atoms with van der Waals surface area (Å²) in [6, 6.07) is 0. The van der Waals surface area contributed by atoms with Gasteiger partial charge in [-0.1, -0.05) is 36.5 Å². The summed E-state index contributed by atoms with van der Waals surface area (Å²) in [6.07, 6.45) is 12.1. The highest BCUT2D eigenvalue weighted by molar-refractivity contribution is 5.83. The first kappa shape index (κ1) is 13.9. The van der Waals surface area contributed by atoms with E-state index in [1.807, 2.05) is 20.8 Å². The molecular weight excluding hydrogens is 248 g/mol. The third-order valence-electron chi connectivity index (χ3n) is 4.86. The monoisotopic (exact) mass is 274 g/mol. The molecule has 2 heteroatoms. The Morgan fingerprint density at radius 2 is 2.10 bits per heavy atom. The average Bonchev–Trinajstić information content (AvgIpc) is 2.56. The first-order valence-corrected chi connectivity index (χ1v) is 8.04. The Labute approximate surface area is 122 Å². The van der Waals surface area contributed by atoms with E-state index in [0.717, 1.165) is 18.3 Å². The zero-order valence-electron chi connectivity index (χ0n) is 12.9. The Morgan fingerprint density at radius 1 is 1.35 bits per heavy atom. The number of hydrogen-bond acceptors (Lipinski definition) is 2. The van der Waals surface area contributed by atoms with E-state index in [-0.39, 0.29) is 5.97 Å². The van der Waals surface area contributed by atoms with E-state index in [1.165, 1.54) is 37.7 Å². The molecule has 0 aromatic heterocycles. The van der Waals surface area contributed by atoms with Crippen molar-refractivity contribution < 1.29 is 9.53 Å². The molecule has 0 saturated heterocycles. The molecule has 0 unspecified atom stereocenters. The van der Waals surface area contributed by atoms with Gasteiger partial charge in [-0.3, -0.25) is 0 Å². The van der Waals surface area contributed by atoms with Crippen LogP contribution in [-0.2, 0) is 9.53 Å². The van der Waals surface area contributed by atoms with Crippen LogP contribution in [0.1, 0.15) is 59.3 Å². The molecule has 2 saturated carbocycles. The summed E-state index contributed by atoms with van der Waals surface area (Å²) in [4.78, 5) is 11.8. The first-order valence-electron chi connectivity index (χ1n) is 8.04. The third kappa shape index (κ3) is 2.99. The second-order valence-corrected chi connectivity index (χ2v) is 7.77. The molecule has 0 aromatic carbocycles. The fraction of sp³-hybridized carbons (Fsp3) is 0.722. The Morgan fingerprint density at radius 3 is 2.70 bits per heavy atom. The van der Waals surface area contributed by atoms with E-state index < -0.39 is 5.60 Å². The molecule has 0 amide bonds. The van der Waals surface area contributed by atoms with Crippen molar-refractivity contribution in [2.45, 2.75) is 64.9 Å². The van der Waals surface area contributed by atoms with Gasteiger partial charge in [-0.25, -0.2) is 4.79 Å². The summed E-state index contributed by atoms with van der Waals surface area (Å²) in [7, 11) is 0. The van der Waals surface area contributed by atoms with Crippen LogP contribution >= 0.6 is 0 Å². The Balaban J connectivity index is 1.57. The molecule has 2 atom stereocenters. The van der Waals surface area contributed by atoms with Crippen molar-refractivity contribution in [3.8, 4) is 0 Å². The minimum absolute atomic E-state index is 0.174. The minimum Gasteiger partial charge on any atom is -0.457 e. The van der Waals surface area contributed by atoms with Crippen LogP contribution in [0.2, 0.25) is 0 Å². The van der Waals surface area contributed by atoms with E-state index in [1.54, 1.807) is 11.6 Å². The van der Waals surface area contributed by atoms with Gasteiger partial charge >= 0.3 is 5.97 Å². The molecule has 0 spiro atoms. The molecule has 110 valence electrons. The van der Waals surface area contributed by atoms with Crippen LogP contribution < -0.4 is 0 Å². The van der Waals surface area contributed by atoms with E-state index >= 15 is 0 Å². The van der Waals surface area contributed by atoms with Crippen LogP contribution in [0, 0.1) is 17.8 Å². The number of ether oxygens (including phenoxy) is 1. The lowest BCUT2D eigenvalue weighted by atomic mass is 9.71. The number of hydrogen-bond donors (Lipinski definition) is 0. The molecule has 0 aromatic rings. The highest BCUT2D eigenvalue weighted by atomic mass is 16.6. The fourth-order valence-electron chi connectivity index (χ4n) is 3.67. The number of carbonyl (C=O) groups excluding carboxylic acids is 1. The lowest BCUT2D eigenvalue weighted by Gasteiger charge is -2.34.